The third-order valence-electron chi connectivity index (χ3n) is 1.21. The van der Waals surface area contributed by atoms with E-state index in [4.69, 9.17) is 11.5 Å². The van der Waals surface area contributed by atoms with Gasteiger partial charge in [0.1, 0.15) is 14.6 Å². The molecule has 0 spiro atoms. The molecule has 2 radical (unpaired) electrons. The Morgan fingerprint density at radius 1 is 0.917 bits per heavy atom. The summed E-state index contributed by atoms with van der Waals surface area (Å²) in [6, 6.07) is 0.685. The average Bonchev–Trinajstić information content (AvgIpc) is 1.87. The van der Waals surface area contributed by atoms with E-state index < -0.39 is 0 Å². The Morgan fingerprint density at radius 2 is 1.17 bits per heavy atom. The number of hydrogen-bond donors (Lipinski definition) is 2. The maximum Gasteiger partial charge on any atom is 0.107 e. The Labute approximate surface area is 79.0 Å². The highest BCUT2D eigenvalue weighted by Crippen LogP contribution is 1.81. The summed E-state index contributed by atoms with van der Waals surface area (Å²) in [6.45, 7) is 8.03. The molecule has 0 aliphatic rings. The summed E-state index contributed by atoms with van der Waals surface area (Å²) >= 11 is 0. The normalized spacial score (nSPS) is 13.8. The molecule has 2 nitrogen and oxygen atoms in total. The molecule has 0 bridgehead atoms. The molecular weight excluding hydrogens is 146 g/mol. The molecular formula is C8H22B2N2. The van der Waals surface area contributed by atoms with Gasteiger partial charge in [-0.05, 0) is 12.1 Å². The Kier molecular flexibility index (Phi) is 13.4. The molecule has 0 aliphatic heterocycles. The molecule has 0 heterocycles. The first-order chi connectivity index (χ1) is 5.54. The zero-order valence-electron chi connectivity index (χ0n) is 8.88. The fraction of sp³-hybridized carbons (Fsp3) is 1.00. The number of hydrogen-bond acceptors (Lipinski definition) is 2. The van der Waals surface area contributed by atoms with Crippen molar-refractivity contribution in [2.75, 3.05) is 0 Å². The van der Waals surface area contributed by atoms with Gasteiger partial charge < -0.3 is 11.5 Å². The number of nitrogens with two attached hydrogens (primary N) is 2. The van der Waals surface area contributed by atoms with Gasteiger partial charge >= 0.3 is 0 Å². The van der Waals surface area contributed by atoms with Crippen molar-refractivity contribution in [3.63, 3.8) is 0 Å². The van der Waals surface area contributed by atoms with Crippen molar-refractivity contribution >= 4 is 14.6 Å². The van der Waals surface area contributed by atoms with E-state index in [1.807, 2.05) is 27.5 Å². The van der Waals surface area contributed by atoms with Crippen LogP contribution in [-0.2, 0) is 0 Å². The van der Waals surface area contributed by atoms with Crippen LogP contribution in [0.2, 0.25) is 26.3 Å². The quantitative estimate of drug-likeness (QED) is 0.615. The lowest BCUT2D eigenvalue weighted by Gasteiger charge is -1.95. The predicted molar refractivity (Wildman–Crippen MR) is 60.1 cm³/mol. The van der Waals surface area contributed by atoms with Crippen LogP contribution in [0.5, 0.6) is 0 Å². The summed E-state index contributed by atoms with van der Waals surface area (Å²) in [6.07, 6.45) is 2.06. The molecule has 0 saturated heterocycles. The molecule has 4 N–H and O–H groups in total. The third-order valence-corrected chi connectivity index (χ3v) is 1.21. The van der Waals surface area contributed by atoms with Crippen LogP contribution in [0, 0.1) is 0 Å². The maximum atomic E-state index is 5.37. The second-order valence-corrected chi connectivity index (χ2v) is 3.24. The smallest absolute Gasteiger partial charge is 0.107 e. The Balaban J connectivity index is 0. The fourth-order valence-electron chi connectivity index (χ4n) is 0.744. The lowest BCUT2D eigenvalue weighted by atomic mass is 9.75. The van der Waals surface area contributed by atoms with Crippen molar-refractivity contribution in [1.29, 1.82) is 0 Å². The molecule has 12 heavy (non-hydrogen) atoms. The SMILES string of the molecule is C[B]CC(C)N.C[B]CC(C)N. The van der Waals surface area contributed by atoms with Gasteiger partial charge in [0, 0.05) is 0 Å². The molecule has 0 aromatic carbocycles. The van der Waals surface area contributed by atoms with E-state index in [-0.39, 0.29) is 0 Å². The fourth-order valence-corrected chi connectivity index (χ4v) is 0.744. The maximum absolute atomic E-state index is 5.37. The Bertz CT molecular complexity index is 67.5. The summed E-state index contributed by atoms with van der Waals surface area (Å²) in [5.74, 6) is 0. The largest absolute Gasteiger partial charge is 0.329 e. The highest BCUT2D eigenvalue weighted by molar-refractivity contribution is 6.33. The van der Waals surface area contributed by atoms with Crippen LogP contribution in [0.1, 0.15) is 13.8 Å². The van der Waals surface area contributed by atoms with E-state index >= 15 is 0 Å². The summed E-state index contributed by atoms with van der Waals surface area (Å²) in [7, 11) is 4.15. The molecule has 2 unspecified atom stereocenters. The van der Waals surface area contributed by atoms with Crippen molar-refractivity contribution in [1.82, 2.24) is 0 Å². The summed E-state index contributed by atoms with van der Waals surface area (Å²) < 4.78 is 0. The van der Waals surface area contributed by atoms with Crippen LogP contribution in [-0.4, -0.2) is 26.6 Å². The van der Waals surface area contributed by atoms with E-state index in [0.717, 1.165) is 12.6 Å². The highest BCUT2D eigenvalue weighted by atomic mass is 14.6. The number of rotatable bonds is 4. The molecule has 70 valence electrons. The first-order valence-corrected chi connectivity index (χ1v) is 4.61. The molecule has 2 atom stereocenters. The van der Waals surface area contributed by atoms with Crippen LogP contribution in [0.4, 0.5) is 0 Å². The standard InChI is InChI=1S/2C4H11BN/c2*1-4(6)3-5-2/h2*4H,3,6H2,1-2H3. The van der Waals surface area contributed by atoms with Crippen molar-refractivity contribution < 1.29 is 0 Å². The van der Waals surface area contributed by atoms with Crippen LogP contribution < -0.4 is 11.5 Å². The van der Waals surface area contributed by atoms with E-state index in [1.165, 1.54) is 0 Å². The molecule has 0 aromatic heterocycles. The van der Waals surface area contributed by atoms with Crippen LogP contribution >= 0.6 is 0 Å². The first-order valence-electron chi connectivity index (χ1n) is 4.61. The van der Waals surface area contributed by atoms with Gasteiger partial charge in [0.05, 0.1) is 0 Å². The Morgan fingerprint density at radius 3 is 1.17 bits per heavy atom. The van der Waals surface area contributed by atoms with Gasteiger partial charge in [-0.2, -0.15) is 0 Å². The molecule has 0 aliphatic carbocycles. The highest BCUT2D eigenvalue weighted by Gasteiger charge is 1.87. The van der Waals surface area contributed by atoms with Crippen molar-refractivity contribution in [3.05, 3.63) is 0 Å². The molecule has 0 fully saturated rings. The predicted octanol–water partition coefficient (Wildman–Crippen LogP) is 1.01. The summed E-state index contributed by atoms with van der Waals surface area (Å²) in [5.41, 5.74) is 10.7. The van der Waals surface area contributed by atoms with Crippen molar-refractivity contribution in [3.8, 4) is 0 Å². The minimum atomic E-state index is 0.343. The van der Waals surface area contributed by atoms with Gasteiger partial charge in [-0.1, -0.05) is 40.1 Å². The minimum Gasteiger partial charge on any atom is -0.329 e. The zero-order chi connectivity index (χ0) is 9.98. The average molecular weight is 168 g/mol. The van der Waals surface area contributed by atoms with Gasteiger partial charge in [0.2, 0.25) is 0 Å². The second-order valence-electron chi connectivity index (χ2n) is 3.24. The van der Waals surface area contributed by atoms with Crippen molar-refractivity contribution in [2.24, 2.45) is 11.5 Å². The first kappa shape index (κ1) is 14.6. The van der Waals surface area contributed by atoms with Gasteiger partial charge in [-0.15, -0.1) is 0 Å². The van der Waals surface area contributed by atoms with Gasteiger partial charge in [-0.25, -0.2) is 0 Å². The molecule has 0 aromatic rings. The molecule has 0 rings (SSSR count). The van der Waals surface area contributed by atoms with E-state index in [9.17, 15) is 0 Å². The van der Waals surface area contributed by atoms with Gasteiger partial charge in [-0.3, -0.25) is 0 Å². The summed E-state index contributed by atoms with van der Waals surface area (Å²) in [5, 5.41) is 0. The second kappa shape index (κ2) is 11.0. The molecule has 0 saturated carbocycles. The monoisotopic (exact) mass is 168 g/mol. The minimum absolute atomic E-state index is 0.343. The van der Waals surface area contributed by atoms with E-state index in [2.05, 4.69) is 14.6 Å². The van der Waals surface area contributed by atoms with Gasteiger partial charge in [0.15, 0.2) is 0 Å². The molecule has 4 heteroatoms. The van der Waals surface area contributed by atoms with Crippen LogP contribution in [0.3, 0.4) is 0 Å². The van der Waals surface area contributed by atoms with Crippen LogP contribution in [0.25, 0.3) is 0 Å². The van der Waals surface area contributed by atoms with E-state index in [1.54, 1.807) is 0 Å². The summed E-state index contributed by atoms with van der Waals surface area (Å²) in [4.78, 5) is 0. The lowest BCUT2D eigenvalue weighted by molar-refractivity contribution is 0.828. The van der Waals surface area contributed by atoms with Crippen molar-refractivity contribution in [2.45, 2.75) is 52.2 Å². The van der Waals surface area contributed by atoms with E-state index in [0.29, 0.717) is 12.1 Å². The topological polar surface area (TPSA) is 52.0 Å². The molecule has 0 amide bonds. The van der Waals surface area contributed by atoms with Crippen LogP contribution in [0.15, 0.2) is 0 Å². The zero-order valence-corrected chi connectivity index (χ0v) is 8.88. The lowest BCUT2D eigenvalue weighted by Crippen LogP contribution is -2.15. The van der Waals surface area contributed by atoms with Gasteiger partial charge in [0.25, 0.3) is 0 Å². The third kappa shape index (κ3) is 22.5. The Hall–Kier alpha value is 0.0499.